The van der Waals surface area contributed by atoms with E-state index in [0.717, 1.165) is 18.8 Å². The Bertz CT molecular complexity index is 213. The fourth-order valence-corrected chi connectivity index (χ4v) is 2.55. The van der Waals surface area contributed by atoms with Gasteiger partial charge >= 0.3 is 5.51 Å². The van der Waals surface area contributed by atoms with E-state index in [1.807, 2.05) is 0 Å². The SMILES string of the molecule is CS(C)(C)S(=O)(=O)C(F)(F)F. The molecule has 0 amide bonds. The third-order valence-corrected chi connectivity index (χ3v) is 7.34. The lowest BCUT2D eigenvalue weighted by molar-refractivity contribution is -0.0411. The van der Waals surface area contributed by atoms with Gasteiger partial charge in [-0.1, -0.05) is 0 Å². The molecule has 70 valence electrons. The molecule has 0 spiro atoms. The number of hydrogen-bond donors (Lipinski definition) is 0. The first-order valence-corrected chi connectivity index (χ1v) is 7.35. The molecule has 0 bridgehead atoms. The van der Waals surface area contributed by atoms with E-state index in [1.165, 1.54) is 0 Å². The first kappa shape index (κ1) is 11.1. The van der Waals surface area contributed by atoms with Crippen molar-refractivity contribution < 1.29 is 21.6 Å². The van der Waals surface area contributed by atoms with Crippen LogP contribution in [0.4, 0.5) is 13.2 Å². The molecule has 0 atom stereocenters. The Morgan fingerprint density at radius 3 is 1.27 bits per heavy atom. The van der Waals surface area contributed by atoms with Crippen LogP contribution >= 0.6 is 9.06 Å². The summed E-state index contributed by atoms with van der Waals surface area (Å²) in [5.41, 5.74) is -5.11. The average molecular weight is 210 g/mol. The van der Waals surface area contributed by atoms with Crippen molar-refractivity contribution in [2.75, 3.05) is 18.8 Å². The zero-order valence-corrected chi connectivity index (χ0v) is 7.90. The third kappa shape index (κ3) is 2.02. The van der Waals surface area contributed by atoms with Crippen LogP contribution in [0.3, 0.4) is 0 Å². The molecule has 0 aromatic heterocycles. The molecule has 0 aliphatic carbocycles. The molecule has 0 aliphatic heterocycles. The largest absolute Gasteiger partial charge is 0.505 e. The van der Waals surface area contributed by atoms with Crippen LogP contribution in [-0.2, 0) is 8.87 Å². The van der Waals surface area contributed by atoms with E-state index in [9.17, 15) is 21.6 Å². The Morgan fingerprint density at radius 2 is 1.27 bits per heavy atom. The van der Waals surface area contributed by atoms with Crippen molar-refractivity contribution in [1.82, 2.24) is 0 Å². The minimum atomic E-state index is -5.11. The molecule has 2 nitrogen and oxygen atoms in total. The normalized spacial score (nSPS) is 16.5. The summed E-state index contributed by atoms with van der Waals surface area (Å²) in [5, 5.41) is 0. The molecule has 0 heterocycles. The van der Waals surface area contributed by atoms with Crippen molar-refractivity contribution in [3.63, 3.8) is 0 Å². The van der Waals surface area contributed by atoms with Gasteiger partial charge in [0.05, 0.1) is 0 Å². The zero-order chi connectivity index (χ0) is 9.50. The van der Waals surface area contributed by atoms with Crippen LogP contribution in [0.15, 0.2) is 0 Å². The first-order chi connectivity index (χ1) is 4.50. The number of alkyl halides is 3. The number of hydrogen-bond acceptors (Lipinski definition) is 2. The van der Waals surface area contributed by atoms with E-state index in [0.29, 0.717) is 0 Å². The van der Waals surface area contributed by atoms with Crippen molar-refractivity contribution in [2.45, 2.75) is 5.51 Å². The van der Waals surface area contributed by atoms with E-state index in [1.54, 1.807) is 0 Å². The predicted octanol–water partition coefficient (Wildman–Crippen LogP) is 1.53. The highest BCUT2D eigenvalue weighted by atomic mass is 33.2. The zero-order valence-electron chi connectivity index (χ0n) is 6.27. The average Bonchev–Trinajstić information content (AvgIpc) is 1.58. The van der Waals surface area contributed by atoms with E-state index in [4.69, 9.17) is 0 Å². The van der Waals surface area contributed by atoms with Gasteiger partial charge in [-0.3, -0.25) is 0 Å². The fraction of sp³-hybridized carbons (Fsp3) is 1.00. The summed E-state index contributed by atoms with van der Waals surface area (Å²) >= 11 is 0. The van der Waals surface area contributed by atoms with Crippen LogP contribution in [0.5, 0.6) is 0 Å². The molecular formula is C4H9F3O2S2. The van der Waals surface area contributed by atoms with Crippen LogP contribution in [-0.4, -0.2) is 32.7 Å². The highest BCUT2D eigenvalue weighted by Crippen LogP contribution is 2.50. The third-order valence-electron chi connectivity index (χ3n) is 0.942. The second-order valence-corrected chi connectivity index (χ2v) is 11.8. The molecule has 0 unspecified atom stereocenters. The van der Waals surface area contributed by atoms with E-state index in [2.05, 4.69) is 0 Å². The molecule has 0 aliphatic rings. The highest BCUT2D eigenvalue weighted by Gasteiger charge is 2.50. The van der Waals surface area contributed by atoms with E-state index in [-0.39, 0.29) is 0 Å². The van der Waals surface area contributed by atoms with E-state index >= 15 is 0 Å². The van der Waals surface area contributed by atoms with Gasteiger partial charge in [-0.05, 0) is 18.8 Å². The topological polar surface area (TPSA) is 34.1 Å². The lowest BCUT2D eigenvalue weighted by atomic mass is 11.6. The molecule has 0 saturated carbocycles. The molecule has 0 aromatic carbocycles. The van der Waals surface area contributed by atoms with Crippen LogP contribution in [0, 0.1) is 0 Å². The van der Waals surface area contributed by atoms with Gasteiger partial charge in [-0.15, -0.1) is 9.06 Å². The Kier molecular flexibility index (Phi) is 2.57. The maximum absolute atomic E-state index is 11.8. The van der Waals surface area contributed by atoms with Gasteiger partial charge in [0.2, 0.25) is 0 Å². The van der Waals surface area contributed by atoms with Crippen LogP contribution < -0.4 is 0 Å². The predicted molar refractivity (Wildman–Crippen MR) is 40.3 cm³/mol. The lowest BCUT2D eigenvalue weighted by Crippen LogP contribution is -2.26. The quantitative estimate of drug-likeness (QED) is 0.615. The summed E-state index contributed by atoms with van der Waals surface area (Å²) < 4.78 is 56.5. The summed E-state index contributed by atoms with van der Waals surface area (Å²) in [6, 6.07) is 0. The summed E-state index contributed by atoms with van der Waals surface area (Å²) in [6.07, 6.45) is 3.28. The van der Waals surface area contributed by atoms with Gasteiger partial charge in [0, 0.05) is 0 Å². The molecule has 11 heavy (non-hydrogen) atoms. The van der Waals surface area contributed by atoms with Gasteiger partial charge < -0.3 is 0 Å². The van der Waals surface area contributed by atoms with Gasteiger partial charge in [0.15, 0.2) is 0 Å². The smallest absolute Gasteiger partial charge is 0.210 e. The van der Waals surface area contributed by atoms with Crippen molar-refractivity contribution >= 4 is 17.9 Å². The molecule has 0 N–H and O–H groups in total. The van der Waals surface area contributed by atoms with Crippen molar-refractivity contribution in [3.05, 3.63) is 0 Å². The highest BCUT2D eigenvalue weighted by molar-refractivity contribution is 8.89. The standard InChI is InChI=1S/C4H9F3O2S2/c1-10(2,3)11(8,9)4(5,6)7/h1-3H3. The van der Waals surface area contributed by atoms with E-state index < -0.39 is 23.4 Å². The molecule has 0 radical (unpaired) electrons. The maximum atomic E-state index is 11.8. The van der Waals surface area contributed by atoms with Crippen molar-refractivity contribution in [1.29, 1.82) is 0 Å². The molecule has 0 saturated heterocycles. The van der Waals surface area contributed by atoms with Gasteiger partial charge in [-0.2, -0.15) is 13.2 Å². The van der Waals surface area contributed by atoms with Gasteiger partial charge in [0.25, 0.3) is 8.87 Å². The second-order valence-electron chi connectivity index (χ2n) is 2.62. The van der Waals surface area contributed by atoms with Crippen LogP contribution in [0.1, 0.15) is 0 Å². The Hall–Kier alpha value is 0.0900. The van der Waals surface area contributed by atoms with Crippen molar-refractivity contribution in [3.8, 4) is 0 Å². The van der Waals surface area contributed by atoms with Crippen LogP contribution in [0.2, 0.25) is 0 Å². The summed E-state index contributed by atoms with van der Waals surface area (Å²) in [4.78, 5) is 0. The second kappa shape index (κ2) is 2.55. The molecule has 0 fully saturated rings. The van der Waals surface area contributed by atoms with Crippen LogP contribution in [0.25, 0.3) is 0 Å². The Labute approximate surface area is 64.4 Å². The molecule has 0 aromatic rings. The number of halogens is 3. The lowest BCUT2D eigenvalue weighted by Gasteiger charge is -2.25. The first-order valence-electron chi connectivity index (χ1n) is 2.50. The Balaban J connectivity index is 5.11. The van der Waals surface area contributed by atoms with Crippen molar-refractivity contribution in [2.24, 2.45) is 0 Å². The van der Waals surface area contributed by atoms with Gasteiger partial charge in [-0.25, -0.2) is 8.42 Å². The minimum absolute atomic E-state index is 1.09. The summed E-state index contributed by atoms with van der Waals surface area (Å²) in [5.74, 6) is 0. The molecule has 7 heteroatoms. The maximum Gasteiger partial charge on any atom is 0.505 e. The summed E-state index contributed by atoms with van der Waals surface area (Å²) in [6.45, 7) is 0. The van der Waals surface area contributed by atoms with Gasteiger partial charge in [0.1, 0.15) is 0 Å². The molecular weight excluding hydrogens is 201 g/mol. The monoisotopic (exact) mass is 210 g/mol. The molecule has 0 rings (SSSR count). The minimum Gasteiger partial charge on any atom is -0.210 e. The Morgan fingerprint density at radius 1 is 1.00 bits per heavy atom. The number of rotatable bonds is 1. The fourth-order valence-electron chi connectivity index (χ4n) is 0.283. The summed E-state index contributed by atoms with van der Waals surface area (Å²) in [7, 11) is -7.54.